The van der Waals surface area contributed by atoms with E-state index in [0.717, 1.165) is 11.1 Å². The Morgan fingerprint density at radius 2 is 1.87 bits per heavy atom. The third-order valence-electron chi connectivity index (χ3n) is 3.19. The quantitative estimate of drug-likeness (QED) is 0.720. The molecule has 0 amide bonds. The van der Waals surface area contributed by atoms with Crippen LogP contribution < -0.4 is 0 Å². The maximum atomic E-state index is 11.8. The Balaban J connectivity index is 1.88. The van der Waals surface area contributed by atoms with Gasteiger partial charge in [0.25, 0.3) is 0 Å². The van der Waals surface area contributed by atoms with Crippen LogP contribution in [0.25, 0.3) is 22.7 Å². The number of carbonyl (C=O) groups excluding carboxylic acids is 1. The van der Waals surface area contributed by atoms with Crippen molar-refractivity contribution >= 4 is 5.97 Å². The maximum absolute atomic E-state index is 11.8. The number of esters is 1. The number of aromatic amines is 1. The maximum Gasteiger partial charge on any atom is 0.361 e. The molecule has 8 heteroatoms. The first-order valence-corrected chi connectivity index (χ1v) is 7.24. The van der Waals surface area contributed by atoms with Gasteiger partial charge in [0, 0.05) is 17.5 Å². The first-order chi connectivity index (χ1) is 11.2. The zero-order valence-corrected chi connectivity index (χ0v) is 12.7. The fourth-order valence-corrected chi connectivity index (χ4v) is 2.06. The Morgan fingerprint density at radius 3 is 2.52 bits per heavy atom. The summed E-state index contributed by atoms with van der Waals surface area (Å²) in [4.78, 5) is 11.8. The normalized spacial score (nSPS) is 10.7. The van der Waals surface area contributed by atoms with E-state index < -0.39 is 5.97 Å². The van der Waals surface area contributed by atoms with Crippen LogP contribution in [0.2, 0.25) is 0 Å². The lowest BCUT2D eigenvalue weighted by Crippen LogP contribution is -2.06. The number of aryl methyl sites for hydroxylation is 1. The zero-order valence-electron chi connectivity index (χ0n) is 12.7. The Labute approximate surface area is 131 Å². The highest BCUT2D eigenvalue weighted by atomic mass is 16.5. The Kier molecular flexibility index (Phi) is 4.13. The van der Waals surface area contributed by atoms with Crippen molar-refractivity contribution in [1.29, 1.82) is 0 Å². The number of benzene rings is 1. The molecular formula is C15H15N5O3. The van der Waals surface area contributed by atoms with E-state index in [2.05, 4.69) is 25.6 Å². The summed E-state index contributed by atoms with van der Waals surface area (Å²) in [5.74, 6) is 0.536. The second-order valence-corrected chi connectivity index (χ2v) is 4.67. The van der Waals surface area contributed by atoms with Crippen molar-refractivity contribution in [2.45, 2.75) is 20.3 Å². The highest BCUT2D eigenvalue weighted by molar-refractivity contribution is 5.93. The summed E-state index contributed by atoms with van der Waals surface area (Å²) in [6, 6.07) is 7.27. The topological polar surface area (TPSA) is 107 Å². The largest absolute Gasteiger partial charge is 0.461 e. The van der Waals surface area contributed by atoms with Gasteiger partial charge in [-0.05, 0) is 19.1 Å². The number of carbonyl (C=O) groups is 1. The summed E-state index contributed by atoms with van der Waals surface area (Å²) in [6.07, 6.45) is 0.687. The molecule has 0 fully saturated rings. The monoisotopic (exact) mass is 313 g/mol. The van der Waals surface area contributed by atoms with E-state index in [0.29, 0.717) is 23.9 Å². The SMILES string of the molecule is CCOC(=O)c1n[nH]nc1-c1ccc(-c2nnc(CC)o2)cc1. The van der Waals surface area contributed by atoms with Gasteiger partial charge in [-0.3, -0.25) is 0 Å². The molecule has 0 bridgehead atoms. The van der Waals surface area contributed by atoms with Crippen molar-refractivity contribution in [2.24, 2.45) is 0 Å². The molecule has 118 valence electrons. The summed E-state index contributed by atoms with van der Waals surface area (Å²) in [7, 11) is 0. The summed E-state index contributed by atoms with van der Waals surface area (Å²) >= 11 is 0. The van der Waals surface area contributed by atoms with Gasteiger partial charge in [-0.1, -0.05) is 19.1 Å². The molecule has 0 aliphatic rings. The second-order valence-electron chi connectivity index (χ2n) is 4.67. The fourth-order valence-electron chi connectivity index (χ4n) is 2.06. The molecule has 8 nitrogen and oxygen atoms in total. The minimum absolute atomic E-state index is 0.158. The van der Waals surface area contributed by atoms with Gasteiger partial charge in [0.1, 0.15) is 5.69 Å². The molecule has 0 aliphatic carbocycles. The van der Waals surface area contributed by atoms with Crippen LogP contribution in [-0.4, -0.2) is 38.2 Å². The predicted octanol–water partition coefficient (Wildman–Crippen LogP) is 2.26. The third kappa shape index (κ3) is 2.96. The van der Waals surface area contributed by atoms with Crippen molar-refractivity contribution in [2.75, 3.05) is 6.61 Å². The van der Waals surface area contributed by atoms with E-state index in [4.69, 9.17) is 9.15 Å². The first kappa shape index (κ1) is 14.9. The number of aromatic nitrogens is 5. The molecule has 3 aromatic rings. The van der Waals surface area contributed by atoms with Gasteiger partial charge in [-0.15, -0.1) is 15.3 Å². The highest BCUT2D eigenvalue weighted by Crippen LogP contribution is 2.24. The standard InChI is InChI=1S/C15H15N5O3/c1-3-11-16-19-14(23-11)10-7-5-9(6-8-10)12-13(18-20-17-12)15(21)22-4-2/h5-8H,3-4H2,1-2H3,(H,17,18,20). The number of nitrogens with zero attached hydrogens (tertiary/aromatic N) is 4. The summed E-state index contributed by atoms with van der Waals surface area (Å²) in [5, 5.41) is 18.3. The summed E-state index contributed by atoms with van der Waals surface area (Å²) in [5.41, 5.74) is 2.13. The van der Waals surface area contributed by atoms with Crippen LogP contribution in [0.15, 0.2) is 28.7 Å². The smallest absolute Gasteiger partial charge is 0.361 e. The molecule has 0 spiro atoms. The lowest BCUT2D eigenvalue weighted by molar-refractivity contribution is 0.0520. The molecule has 1 N–H and O–H groups in total. The number of hydrogen-bond acceptors (Lipinski definition) is 7. The minimum atomic E-state index is -0.509. The summed E-state index contributed by atoms with van der Waals surface area (Å²) in [6.45, 7) is 3.96. The molecule has 0 saturated carbocycles. The summed E-state index contributed by atoms with van der Waals surface area (Å²) < 4.78 is 10.5. The molecule has 23 heavy (non-hydrogen) atoms. The van der Waals surface area contributed by atoms with Gasteiger partial charge in [0.15, 0.2) is 5.69 Å². The zero-order chi connectivity index (χ0) is 16.2. The lowest BCUT2D eigenvalue weighted by atomic mass is 10.1. The lowest BCUT2D eigenvalue weighted by Gasteiger charge is -2.02. The molecule has 0 unspecified atom stereocenters. The van der Waals surface area contributed by atoms with E-state index in [-0.39, 0.29) is 12.3 Å². The molecular weight excluding hydrogens is 298 g/mol. The first-order valence-electron chi connectivity index (χ1n) is 7.24. The highest BCUT2D eigenvalue weighted by Gasteiger charge is 2.19. The van der Waals surface area contributed by atoms with Gasteiger partial charge >= 0.3 is 5.97 Å². The van der Waals surface area contributed by atoms with Gasteiger partial charge in [-0.2, -0.15) is 10.3 Å². The van der Waals surface area contributed by atoms with Crippen LogP contribution in [0, 0.1) is 0 Å². The van der Waals surface area contributed by atoms with E-state index in [1.807, 2.05) is 31.2 Å². The molecule has 1 aromatic carbocycles. The van der Waals surface area contributed by atoms with Gasteiger partial charge in [0.05, 0.1) is 6.61 Å². The Bertz CT molecular complexity index is 807. The third-order valence-corrected chi connectivity index (χ3v) is 3.19. The number of H-pyrrole nitrogens is 1. The van der Waals surface area contributed by atoms with Crippen LogP contribution in [0.4, 0.5) is 0 Å². The Hall–Kier alpha value is -3.03. The fraction of sp³-hybridized carbons (Fsp3) is 0.267. The van der Waals surface area contributed by atoms with Crippen molar-refractivity contribution in [3.63, 3.8) is 0 Å². The minimum Gasteiger partial charge on any atom is -0.461 e. The number of rotatable bonds is 5. The van der Waals surface area contributed by atoms with Crippen molar-refractivity contribution in [1.82, 2.24) is 25.6 Å². The van der Waals surface area contributed by atoms with E-state index in [9.17, 15) is 4.79 Å². The van der Waals surface area contributed by atoms with Crippen molar-refractivity contribution in [3.8, 4) is 22.7 Å². The number of nitrogens with one attached hydrogen (secondary N) is 1. The van der Waals surface area contributed by atoms with Crippen molar-refractivity contribution < 1.29 is 13.9 Å². The Morgan fingerprint density at radius 1 is 1.13 bits per heavy atom. The molecule has 2 heterocycles. The van der Waals surface area contributed by atoms with E-state index in [1.54, 1.807) is 6.92 Å². The molecule has 0 radical (unpaired) electrons. The van der Waals surface area contributed by atoms with Crippen LogP contribution in [0.5, 0.6) is 0 Å². The van der Waals surface area contributed by atoms with Gasteiger partial charge < -0.3 is 9.15 Å². The van der Waals surface area contributed by atoms with E-state index >= 15 is 0 Å². The molecule has 0 saturated heterocycles. The average molecular weight is 313 g/mol. The van der Waals surface area contributed by atoms with Crippen LogP contribution in [-0.2, 0) is 11.2 Å². The molecule has 3 rings (SSSR count). The predicted molar refractivity (Wildman–Crippen MR) is 80.4 cm³/mol. The average Bonchev–Trinajstić information content (AvgIpc) is 3.24. The van der Waals surface area contributed by atoms with Gasteiger partial charge in [0.2, 0.25) is 11.8 Å². The number of ether oxygens (including phenoxy) is 1. The molecule has 0 atom stereocenters. The van der Waals surface area contributed by atoms with Crippen LogP contribution >= 0.6 is 0 Å². The number of hydrogen-bond donors (Lipinski definition) is 1. The molecule has 0 aliphatic heterocycles. The molecule has 2 aromatic heterocycles. The van der Waals surface area contributed by atoms with Crippen LogP contribution in [0.1, 0.15) is 30.2 Å². The van der Waals surface area contributed by atoms with E-state index in [1.165, 1.54) is 0 Å². The second kappa shape index (κ2) is 6.39. The van der Waals surface area contributed by atoms with Crippen LogP contribution in [0.3, 0.4) is 0 Å². The van der Waals surface area contributed by atoms with Crippen molar-refractivity contribution in [3.05, 3.63) is 35.9 Å². The van der Waals surface area contributed by atoms with Gasteiger partial charge in [-0.25, -0.2) is 4.79 Å².